The molecule has 17 heavy (non-hydrogen) atoms. The highest BCUT2D eigenvalue weighted by Crippen LogP contribution is 2.30. The van der Waals surface area contributed by atoms with Crippen molar-refractivity contribution in [3.63, 3.8) is 0 Å². The van der Waals surface area contributed by atoms with E-state index in [4.69, 9.17) is 4.99 Å². The van der Waals surface area contributed by atoms with Crippen LogP contribution in [0.3, 0.4) is 0 Å². The standard InChI is InChI=1S/C14H28N2S/c1-7-14(8-2)10-17-12(16-14)15-9-11(3)13(4,5)6/h11H,7-10H2,1-6H3,(H,15,16). The van der Waals surface area contributed by atoms with E-state index in [1.807, 2.05) is 11.8 Å². The van der Waals surface area contributed by atoms with Crippen LogP contribution in [0.1, 0.15) is 54.4 Å². The molecule has 0 bridgehead atoms. The molecule has 1 aliphatic rings. The number of aliphatic imine (C=N–C) groups is 1. The fraction of sp³-hybridized carbons (Fsp3) is 0.929. The zero-order chi connectivity index (χ0) is 13.1. The summed E-state index contributed by atoms with van der Waals surface area (Å²) in [7, 11) is 0. The van der Waals surface area contributed by atoms with E-state index in [1.165, 1.54) is 18.6 Å². The summed E-state index contributed by atoms with van der Waals surface area (Å²) >= 11 is 1.89. The SMILES string of the molecule is CCC1(CC)CSC(=NCC(C)C(C)(C)C)N1. The summed E-state index contributed by atoms with van der Waals surface area (Å²) in [6.07, 6.45) is 2.37. The molecule has 1 heterocycles. The van der Waals surface area contributed by atoms with E-state index < -0.39 is 0 Å². The maximum atomic E-state index is 4.75. The first-order chi connectivity index (χ1) is 7.83. The number of hydrogen-bond acceptors (Lipinski definition) is 2. The Bertz CT molecular complexity index is 274. The van der Waals surface area contributed by atoms with Gasteiger partial charge in [0.05, 0.1) is 0 Å². The molecule has 100 valence electrons. The van der Waals surface area contributed by atoms with Gasteiger partial charge < -0.3 is 5.32 Å². The Morgan fingerprint density at radius 2 is 1.94 bits per heavy atom. The fourth-order valence-electron chi connectivity index (χ4n) is 1.72. The number of nitrogens with zero attached hydrogens (tertiary/aromatic N) is 1. The lowest BCUT2D eigenvalue weighted by molar-refractivity contribution is 0.269. The number of amidine groups is 1. The van der Waals surface area contributed by atoms with Crippen molar-refractivity contribution in [1.29, 1.82) is 0 Å². The van der Waals surface area contributed by atoms with Gasteiger partial charge in [0, 0.05) is 17.8 Å². The molecule has 0 saturated carbocycles. The van der Waals surface area contributed by atoms with Gasteiger partial charge in [-0.15, -0.1) is 0 Å². The van der Waals surface area contributed by atoms with Crippen LogP contribution in [-0.2, 0) is 0 Å². The average molecular weight is 256 g/mol. The van der Waals surface area contributed by atoms with Crippen molar-refractivity contribution in [2.75, 3.05) is 12.3 Å². The predicted octanol–water partition coefficient (Wildman–Crippen LogP) is 3.92. The minimum Gasteiger partial charge on any atom is -0.359 e. The lowest BCUT2D eigenvalue weighted by atomic mass is 9.82. The van der Waals surface area contributed by atoms with Crippen LogP contribution >= 0.6 is 11.8 Å². The van der Waals surface area contributed by atoms with Gasteiger partial charge in [0.15, 0.2) is 5.17 Å². The van der Waals surface area contributed by atoms with Crippen molar-refractivity contribution in [1.82, 2.24) is 5.32 Å². The van der Waals surface area contributed by atoms with Crippen LogP contribution < -0.4 is 5.32 Å². The molecule has 1 aliphatic heterocycles. The maximum absolute atomic E-state index is 4.75. The van der Waals surface area contributed by atoms with Crippen molar-refractivity contribution >= 4 is 16.9 Å². The van der Waals surface area contributed by atoms with E-state index in [9.17, 15) is 0 Å². The molecule has 1 unspecified atom stereocenters. The van der Waals surface area contributed by atoms with Crippen molar-refractivity contribution in [3.05, 3.63) is 0 Å². The molecule has 0 spiro atoms. The number of nitrogens with one attached hydrogen (secondary N) is 1. The normalized spacial score (nSPS) is 23.8. The molecule has 1 N–H and O–H groups in total. The lowest BCUT2D eigenvalue weighted by Crippen LogP contribution is -2.42. The van der Waals surface area contributed by atoms with Crippen molar-refractivity contribution in [2.24, 2.45) is 16.3 Å². The predicted molar refractivity (Wildman–Crippen MR) is 79.8 cm³/mol. The Kier molecular flexibility index (Phi) is 4.94. The Balaban J connectivity index is 2.54. The van der Waals surface area contributed by atoms with Crippen LogP contribution in [0.4, 0.5) is 0 Å². The van der Waals surface area contributed by atoms with Gasteiger partial charge in [0.2, 0.25) is 0 Å². The third-order valence-electron chi connectivity index (χ3n) is 4.20. The van der Waals surface area contributed by atoms with E-state index in [0.717, 1.165) is 11.7 Å². The van der Waals surface area contributed by atoms with Crippen molar-refractivity contribution in [2.45, 2.75) is 59.9 Å². The highest BCUT2D eigenvalue weighted by atomic mass is 32.2. The Hall–Kier alpha value is -0.180. The summed E-state index contributed by atoms with van der Waals surface area (Å²) in [5, 5.41) is 4.78. The summed E-state index contributed by atoms with van der Waals surface area (Å²) in [4.78, 5) is 4.75. The molecule has 0 amide bonds. The molecule has 1 atom stereocenters. The second-order valence-corrected chi connectivity index (χ2v) is 7.28. The quantitative estimate of drug-likeness (QED) is 0.824. The third-order valence-corrected chi connectivity index (χ3v) is 5.40. The van der Waals surface area contributed by atoms with Gasteiger partial charge in [0.1, 0.15) is 0 Å². The van der Waals surface area contributed by atoms with Gasteiger partial charge >= 0.3 is 0 Å². The molecular weight excluding hydrogens is 228 g/mol. The van der Waals surface area contributed by atoms with E-state index in [0.29, 0.717) is 16.9 Å². The lowest BCUT2D eigenvalue weighted by Gasteiger charge is -2.27. The maximum Gasteiger partial charge on any atom is 0.157 e. The first-order valence-corrected chi connectivity index (χ1v) is 7.77. The minimum absolute atomic E-state index is 0.300. The van der Waals surface area contributed by atoms with E-state index in [1.54, 1.807) is 0 Å². The molecule has 1 rings (SSSR count). The monoisotopic (exact) mass is 256 g/mol. The van der Waals surface area contributed by atoms with Gasteiger partial charge in [0.25, 0.3) is 0 Å². The highest BCUT2D eigenvalue weighted by Gasteiger charge is 2.33. The zero-order valence-electron chi connectivity index (χ0n) is 12.3. The Morgan fingerprint density at radius 1 is 1.35 bits per heavy atom. The highest BCUT2D eigenvalue weighted by molar-refractivity contribution is 8.14. The molecule has 0 aromatic rings. The number of hydrogen-bond donors (Lipinski definition) is 1. The molecule has 0 aromatic heterocycles. The second kappa shape index (κ2) is 5.64. The van der Waals surface area contributed by atoms with Crippen LogP contribution in [0, 0.1) is 11.3 Å². The molecule has 2 nitrogen and oxygen atoms in total. The van der Waals surface area contributed by atoms with Crippen LogP contribution in [0.5, 0.6) is 0 Å². The topological polar surface area (TPSA) is 24.4 Å². The molecule has 0 radical (unpaired) electrons. The molecule has 3 heteroatoms. The molecule has 0 aliphatic carbocycles. The summed E-state index contributed by atoms with van der Waals surface area (Å²) < 4.78 is 0. The van der Waals surface area contributed by atoms with Crippen LogP contribution in [0.2, 0.25) is 0 Å². The average Bonchev–Trinajstić information content (AvgIpc) is 2.69. The van der Waals surface area contributed by atoms with Gasteiger partial charge in [-0.05, 0) is 24.2 Å². The smallest absolute Gasteiger partial charge is 0.157 e. The minimum atomic E-state index is 0.300. The summed E-state index contributed by atoms with van der Waals surface area (Å²) in [6, 6.07) is 0. The second-order valence-electron chi connectivity index (χ2n) is 6.31. The first kappa shape index (κ1) is 14.9. The summed E-state index contributed by atoms with van der Waals surface area (Å²) in [6.45, 7) is 14.6. The Morgan fingerprint density at radius 3 is 2.35 bits per heavy atom. The van der Waals surface area contributed by atoms with E-state index >= 15 is 0 Å². The molecule has 1 saturated heterocycles. The Labute approximate surface area is 111 Å². The van der Waals surface area contributed by atoms with Crippen LogP contribution in [0.25, 0.3) is 0 Å². The van der Waals surface area contributed by atoms with E-state index in [2.05, 4.69) is 46.9 Å². The largest absolute Gasteiger partial charge is 0.359 e. The van der Waals surface area contributed by atoms with Crippen molar-refractivity contribution in [3.8, 4) is 0 Å². The molecular formula is C14H28N2S. The summed E-state index contributed by atoms with van der Waals surface area (Å²) in [5.41, 5.74) is 0.647. The van der Waals surface area contributed by atoms with Crippen molar-refractivity contribution < 1.29 is 0 Å². The fourth-order valence-corrected chi connectivity index (χ4v) is 3.06. The van der Waals surface area contributed by atoms with Gasteiger partial charge in [-0.1, -0.05) is 53.3 Å². The molecule has 0 aromatic carbocycles. The first-order valence-electron chi connectivity index (χ1n) is 6.78. The van der Waals surface area contributed by atoms with Crippen LogP contribution in [0.15, 0.2) is 4.99 Å². The van der Waals surface area contributed by atoms with Gasteiger partial charge in [-0.2, -0.15) is 0 Å². The third kappa shape index (κ3) is 3.90. The number of rotatable bonds is 4. The van der Waals surface area contributed by atoms with Gasteiger partial charge in [-0.3, -0.25) is 4.99 Å². The summed E-state index contributed by atoms with van der Waals surface area (Å²) in [5.74, 6) is 1.79. The van der Waals surface area contributed by atoms with Crippen LogP contribution in [-0.4, -0.2) is 23.0 Å². The zero-order valence-corrected chi connectivity index (χ0v) is 13.1. The molecule has 1 fully saturated rings. The van der Waals surface area contributed by atoms with E-state index in [-0.39, 0.29) is 0 Å². The van der Waals surface area contributed by atoms with Gasteiger partial charge in [-0.25, -0.2) is 0 Å². The number of thioether (sulfide) groups is 1.